The first kappa shape index (κ1) is 77.0. The van der Waals surface area contributed by atoms with Gasteiger partial charge in [-0.2, -0.15) is 0 Å². The number of nitrogens with zero attached hydrogens (tertiary/aromatic N) is 1. The van der Waals surface area contributed by atoms with Crippen LogP contribution in [0.1, 0.15) is 233 Å². The van der Waals surface area contributed by atoms with Crippen LogP contribution in [0, 0.1) is 0 Å². The molecule has 0 aromatic heterocycles. The molecule has 0 radical (unpaired) electrons. The molecule has 0 bridgehead atoms. The second kappa shape index (κ2) is 27.1. The Bertz CT molecular complexity index is 5900. The van der Waals surface area contributed by atoms with E-state index in [1.54, 1.807) is 0 Å². The predicted molar refractivity (Wildman–Crippen MR) is 491 cm³/mol. The summed E-state index contributed by atoms with van der Waals surface area (Å²) in [4.78, 5) is 0. The van der Waals surface area contributed by atoms with E-state index in [4.69, 9.17) is 0 Å². The maximum Gasteiger partial charge on any atom is 0.106 e. The molecule has 2 heterocycles. The van der Waals surface area contributed by atoms with Gasteiger partial charge in [-0.15, -0.1) is 0 Å². The number of hydrogen-bond acceptors (Lipinski definition) is 0. The number of quaternary nitrogens is 1. The van der Waals surface area contributed by atoms with E-state index < -0.39 is 0 Å². The molecular weight excluding hydrogens is 1360 g/mol. The van der Waals surface area contributed by atoms with Gasteiger partial charge in [0.1, 0.15) is 26.2 Å². The van der Waals surface area contributed by atoms with E-state index in [0.717, 1.165) is 30.7 Å². The molecule has 0 amide bonds. The molecule has 1 nitrogen and oxygen atoms in total. The van der Waals surface area contributed by atoms with Crippen molar-refractivity contribution in [2.24, 2.45) is 0 Å². The number of fused-ring (bicyclic) bond motifs is 14. The molecule has 16 rings (SSSR count). The van der Waals surface area contributed by atoms with Crippen LogP contribution in [0.15, 0.2) is 243 Å². The Balaban J connectivity index is 1.08. The third kappa shape index (κ3) is 14.6. The van der Waals surface area contributed by atoms with E-state index in [1.807, 2.05) is 0 Å². The Morgan fingerprint density at radius 2 is 0.469 bits per heavy atom. The Labute approximate surface area is 677 Å². The van der Waals surface area contributed by atoms with Gasteiger partial charge < -0.3 is 4.48 Å². The monoisotopic (exact) mass is 1480 g/mol. The third-order valence-electron chi connectivity index (χ3n) is 25.3. The van der Waals surface area contributed by atoms with E-state index in [0.29, 0.717) is 0 Å². The predicted octanol–water partition coefficient (Wildman–Crippen LogP) is 31.6. The molecule has 0 saturated carbocycles. The molecule has 113 heavy (non-hydrogen) atoms. The van der Waals surface area contributed by atoms with Gasteiger partial charge >= 0.3 is 0 Å². The van der Waals surface area contributed by atoms with Gasteiger partial charge in [-0.1, -0.05) is 360 Å². The molecule has 2 aliphatic heterocycles. The average molecular weight is 1480 g/mol. The van der Waals surface area contributed by atoms with Gasteiger partial charge in [0.2, 0.25) is 0 Å². The molecule has 0 N–H and O–H groups in total. The van der Waals surface area contributed by atoms with Crippen molar-refractivity contribution in [2.75, 3.05) is 0 Å². The fourth-order valence-electron chi connectivity index (χ4n) is 18.5. The second-order valence-corrected chi connectivity index (χ2v) is 42.4. The zero-order valence-electron chi connectivity index (χ0n) is 72.4. The summed E-state index contributed by atoms with van der Waals surface area (Å²) < 4.78 is 0.753. The van der Waals surface area contributed by atoms with Crippen LogP contribution in [0.2, 0.25) is 0 Å². The third-order valence-corrected chi connectivity index (χ3v) is 25.3. The fourth-order valence-corrected chi connectivity index (χ4v) is 18.5. The van der Waals surface area contributed by atoms with Crippen molar-refractivity contribution in [2.45, 2.75) is 236 Å². The van der Waals surface area contributed by atoms with Crippen molar-refractivity contribution >= 4 is 43.1 Å². The second-order valence-electron chi connectivity index (χ2n) is 42.4. The summed E-state index contributed by atoms with van der Waals surface area (Å²) in [5, 5.41) is 10.2. The first-order chi connectivity index (χ1) is 52.9. The van der Waals surface area contributed by atoms with Crippen LogP contribution >= 0.6 is 0 Å². The van der Waals surface area contributed by atoms with E-state index in [1.165, 1.54) is 199 Å². The molecule has 14 aromatic carbocycles. The van der Waals surface area contributed by atoms with E-state index in [2.05, 4.69) is 409 Å². The molecule has 572 valence electrons. The molecular formula is C112H120N+. The first-order valence-electron chi connectivity index (χ1n) is 41.9. The van der Waals surface area contributed by atoms with Crippen molar-refractivity contribution in [3.8, 4) is 89.0 Å². The van der Waals surface area contributed by atoms with E-state index in [-0.39, 0.29) is 43.3 Å². The van der Waals surface area contributed by atoms with Crippen LogP contribution < -0.4 is 0 Å². The molecule has 0 fully saturated rings. The van der Waals surface area contributed by atoms with Crippen molar-refractivity contribution in [3.63, 3.8) is 0 Å². The lowest BCUT2D eigenvalue weighted by Gasteiger charge is -2.39. The van der Waals surface area contributed by atoms with Crippen molar-refractivity contribution in [1.82, 2.24) is 0 Å². The lowest BCUT2D eigenvalue weighted by molar-refractivity contribution is -0.977. The standard InChI is InChI=1S/C112H120N/c1-105(2,3)84-45-46-91(100(64-84)112(22,23)24)81-48-77(80-57-89(110(16,17)18)63-90(58-80)111(19,20)21)51-83(52-81)97-60-72-36-28-32-40-95(72)104-99(97)68-113(65-73-43-41-69-33-25-29-37-92(69)101(73)102-74(66-113)44-42-70-34-26-30-38-93(70)102)67-98-96(59-71-35-27-31-39-94(71)103(98)104)82-49-75(78-53-85(106(4,5)6)61-86(54-78)107(7,8)9)47-76(50-82)79-55-87(108(10,11)12)62-88(56-79)109(13,14)15/h25-64H,65-68H2,1-24H3/q+1. The van der Waals surface area contributed by atoms with Crippen LogP contribution in [0.4, 0.5) is 0 Å². The highest BCUT2D eigenvalue weighted by Crippen LogP contribution is 2.56. The zero-order chi connectivity index (χ0) is 80.4. The molecule has 0 unspecified atom stereocenters. The molecule has 14 aromatic rings. The molecule has 0 atom stereocenters. The van der Waals surface area contributed by atoms with Crippen molar-refractivity contribution in [3.05, 3.63) is 309 Å². The zero-order valence-corrected chi connectivity index (χ0v) is 72.4. The summed E-state index contributed by atoms with van der Waals surface area (Å²) in [7, 11) is 0. The fraction of sp³-hybridized carbons (Fsp3) is 0.321. The maximum absolute atomic E-state index is 2.62. The Morgan fingerprint density at radius 1 is 0.195 bits per heavy atom. The smallest absolute Gasteiger partial charge is 0.106 e. The Kier molecular flexibility index (Phi) is 18.5. The molecule has 1 spiro atoms. The number of rotatable bonds is 6. The van der Waals surface area contributed by atoms with Crippen LogP contribution in [-0.2, 0) is 69.5 Å². The number of benzene rings is 14. The van der Waals surface area contributed by atoms with Gasteiger partial charge in [0.25, 0.3) is 0 Å². The summed E-state index contributed by atoms with van der Waals surface area (Å²) >= 11 is 0. The average Bonchev–Trinajstić information content (AvgIpc) is 1.60. The van der Waals surface area contributed by atoms with Crippen LogP contribution in [0.5, 0.6) is 0 Å². The van der Waals surface area contributed by atoms with Gasteiger partial charge in [-0.05, 0) is 257 Å². The SMILES string of the molecule is CC(C)(C)c1cc(-c2cc(-c3cc(C(C)(C)C)cc(C(C)(C)C)c3)cc(-c3cc4ccccc4c4c3C[N+]3(Cc5ccc6ccccc6c5-c5c(ccc6ccccc56)C3)Cc3c(-c5cc(-c6cc(C(C)(C)C)cc(C(C)(C)C)c6)cc(-c6ccc(C(C)(C)C)cc6C(C)(C)C)c5)cc5ccccc5c3-4)c2)cc(C(C)(C)C)c1. The minimum atomic E-state index is -0.161. The topological polar surface area (TPSA) is 0 Å². The largest absolute Gasteiger partial charge is 0.309 e. The Hall–Kier alpha value is -9.92. The first-order valence-corrected chi connectivity index (χ1v) is 41.9. The lowest BCUT2D eigenvalue weighted by atomic mass is 9.76. The van der Waals surface area contributed by atoms with Gasteiger partial charge in [-0.3, -0.25) is 0 Å². The van der Waals surface area contributed by atoms with Crippen molar-refractivity contribution < 1.29 is 4.48 Å². The van der Waals surface area contributed by atoms with Crippen LogP contribution in [0.25, 0.3) is 132 Å². The van der Waals surface area contributed by atoms with Crippen LogP contribution in [-0.4, -0.2) is 4.48 Å². The molecule has 2 aliphatic rings. The van der Waals surface area contributed by atoms with Gasteiger partial charge in [-0.25, -0.2) is 0 Å². The van der Waals surface area contributed by atoms with E-state index >= 15 is 0 Å². The van der Waals surface area contributed by atoms with E-state index in [9.17, 15) is 0 Å². The van der Waals surface area contributed by atoms with Crippen molar-refractivity contribution in [1.29, 1.82) is 0 Å². The normalized spacial score (nSPS) is 14.3. The molecule has 1 heteroatoms. The summed E-state index contributed by atoms with van der Waals surface area (Å²) in [5.74, 6) is 0. The van der Waals surface area contributed by atoms with Gasteiger partial charge in [0.15, 0.2) is 0 Å². The maximum atomic E-state index is 2.62. The Morgan fingerprint density at radius 3 is 0.788 bits per heavy atom. The van der Waals surface area contributed by atoms with Gasteiger partial charge in [0, 0.05) is 33.4 Å². The van der Waals surface area contributed by atoms with Gasteiger partial charge in [0.05, 0.1) is 0 Å². The highest BCUT2D eigenvalue weighted by molar-refractivity contribution is 6.13. The highest BCUT2D eigenvalue weighted by atomic mass is 15.4. The summed E-state index contributed by atoms with van der Waals surface area (Å²) in [6, 6.07) is 98.0. The minimum Gasteiger partial charge on any atom is -0.309 e. The van der Waals surface area contributed by atoms with Crippen LogP contribution in [0.3, 0.4) is 0 Å². The quantitative estimate of drug-likeness (QED) is 0.146. The minimum absolute atomic E-state index is 0.0355. The summed E-state index contributed by atoms with van der Waals surface area (Å²) in [6.07, 6.45) is 0. The summed E-state index contributed by atoms with van der Waals surface area (Å²) in [5.41, 5.74) is 36.2. The molecule has 0 saturated heterocycles. The summed E-state index contributed by atoms with van der Waals surface area (Å²) in [6.45, 7) is 60.3. The molecule has 0 aliphatic carbocycles. The highest BCUT2D eigenvalue weighted by Gasteiger charge is 2.43. The number of hydrogen-bond donors (Lipinski definition) is 0. The lowest BCUT2D eigenvalue weighted by Crippen LogP contribution is -2.44.